The van der Waals surface area contributed by atoms with Crippen LogP contribution < -0.4 is 11.1 Å². The molecule has 22 heteroatoms. The molecule has 0 bridgehead atoms. The van der Waals surface area contributed by atoms with E-state index >= 15 is 0 Å². The molecular formula is C25H22N6O12S4. The second-order valence-electron chi connectivity index (χ2n) is 9.27. The van der Waals surface area contributed by atoms with Crippen LogP contribution in [0.5, 0.6) is 5.75 Å². The number of nitrogens with one attached hydrogen (secondary N) is 1. The van der Waals surface area contributed by atoms with Crippen molar-refractivity contribution in [3.63, 3.8) is 0 Å². The molecule has 4 aromatic rings. The average molecular weight is 727 g/mol. The number of hydrogen-bond donors (Lipinski definition) is 6. The lowest BCUT2D eigenvalue weighted by molar-refractivity contribution is 0.472. The molecule has 47 heavy (non-hydrogen) atoms. The molecule has 0 unspecified atom stereocenters. The summed E-state index contributed by atoms with van der Waals surface area (Å²) in [5.74, 6) is -1.12. The molecule has 0 spiro atoms. The fourth-order valence-corrected chi connectivity index (χ4v) is 6.72. The molecule has 0 aliphatic carbocycles. The van der Waals surface area contributed by atoms with Gasteiger partial charge in [-0.1, -0.05) is 6.58 Å². The Bertz CT molecular complexity index is 2460. The van der Waals surface area contributed by atoms with Gasteiger partial charge in [0.05, 0.1) is 21.7 Å². The Balaban J connectivity index is 2.01. The zero-order valence-electron chi connectivity index (χ0n) is 23.5. The number of azo groups is 2. The van der Waals surface area contributed by atoms with Crippen LogP contribution in [0.3, 0.4) is 0 Å². The van der Waals surface area contributed by atoms with Gasteiger partial charge < -0.3 is 16.2 Å². The summed E-state index contributed by atoms with van der Waals surface area (Å²) in [5, 5.41) is 28.4. The SMILES string of the molecule is C=CS(=O)(=O)c1ccc(N=Nc2c(S(=O)(=O)O)cc3cc(S(=O)(=O)O)c(N=Nc4cc(NC)ccc4S(=O)(=O)O)c(O)c3c2N)cc1. The number of anilines is 2. The Morgan fingerprint density at radius 2 is 1.26 bits per heavy atom. The van der Waals surface area contributed by atoms with Crippen LogP contribution in [0.1, 0.15) is 0 Å². The third-order valence-electron chi connectivity index (χ3n) is 6.30. The normalized spacial score (nSPS) is 13.0. The van der Waals surface area contributed by atoms with E-state index < -0.39 is 94.1 Å². The smallest absolute Gasteiger partial charge is 0.296 e. The van der Waals surface area contributed by atoms with Crippen molar-refractivity contribution < 1.29 is 52.4 Å². The van der Waals surface area contributed by atoms with Crippen molar-refractivity contribution in [3.8, 4) is 5.75 Å². The Morgan fingerprint density at radius 1 is 0.723 bits per heavy atom. The van der Waals surface area contributed by atoms with Gasteiger partial charge in [0.2, 0.25) is 0 Å². The number of phenolic OH excluding ortho intramolecular Hbond substituents is 1. The zero-order chi connectivity index (χ0) is 35.1. The van der Waals surface area contributed by atoms with Gasteiger partial charge in [-0.3, -0.25) is 13.7 Å². The lowest BCUT2D eigenvalue weighted by atomic mass is 10.1. The fraction of sp³-hybridized carbons (Fsp3) is 0.0400. The predicted octanol–water partition coefficient (Wildman–Crippen LogP) is 4.66. The predicted molar refractivity (Wildman–Crippen MR) is 168 cm³/mol. The molecule has 0 fully saturated rings. The number of nitrogens with two attached hydrogens (primary N) is 1. The van der Waals surface area contributed by atoms with Gasteiger partial charge in [0.1, 0.15) is 31.7 Å². The van der Waals surface area contributed by atoms with Crippen molar-refractivity contribution in [2.24, 2.45) is 20.5 Å². The van der Waals surface area contributed by atoms with E-state index in [1.54, 1.807) is 0 Å². The molecule has 18 nitrogen and oxygen atoms in total. The van der Waals surface area contributed by atoms with Crippen LogP contribution in [0, 0.1) is 0 Å². The molecule has 0 aromatic heterocycles. The van der Waals surface area contributed by atoms with E-state index in [9.17, 15) is 52.4 Å². The van der Waals surface area contributed by atoms with Crippen molar-refractivity contribution in [2.45, 2.75) is 19.6 Å². The minimum atomic E-state index is -5.27. The fourth-order valence-electron chi connectivity index (χ4n) is 4.08. The third kappa shape index (κ3) is 7.27. The maximum Gasteiger partial charge on any atom is 0.296 e. The standard InChI is InChI=1S/C25H22N6O12S4/c1-3-44(33,34)16-7-4-14(5-8-16)28-30-23-19(46(38,39)40)10-13-11-20(47(41,42)43)24(25(32)21(13)22(23)26)31-29-17-12-15(27-2)6-9-18(17)45(35,36)37/h3-12,27,32H,1,26H2,2H3,(H,35,36,37)(H,38,39,40)(H,41,42,43). The van der Waals surface area contributed by atoms with Gasteiger partial charge in [0.15, 0.2) is 15.6 Å². The maximum absolute atomic E-state index is 12.3. The molecular weight excluding hydrogens is 705 g/mol. The second kappa shape index (κ2) is 12.4. The quantitative estimate of drug-likeness (QED) is 0.0736. The molecule has 248 valence electrons. The van der Waals surface area contributed by atoms with E-state index in [1.807, 2.05) is 0 Å². The topological polar surface area (TPSA) is 305 Å². The van der Waals surface area contributed by atoms with Gasteiger partial charge in [-0.15, -0.1) is 15.3 Å². The summed E-state index contributed by atoms with van der Waals surface area (Å²) in [4.78, 5) is -3.05. The van der Waals surface area contributed by atoms with Crippen LogP contribution in [-0.2, 0) is 40.2 Å². The monoisotopic (exact) mass is 726 g/mol. The number of aromatic hydroxyl groups is 1. The van der Waals surface area contributed by atoms with Crippen molar-refractivity contribution in [2.75, 3.05) is 18.1 Å². The van der Waals surface area contributed by atoms with E-state index in [4.69, 9.17) is 5.73 Å². The number of nitrogen functional groups attached to an aromatic ring is 1. The van der Waals surface area contributed by atoms with Gasteiger partial charge in [0.25, 0.3) is 30.4 Å². The molecule has 0 amide bonds. The van der Waals surface area contributed by atoms with Crippen LogP contribution in [0.15, 0.2) is 107 Å². The van der Waals surface area contributed by atoms with Gasteiger partial charge in [-0.05, 0) is 60.0 Å². The van der Waals surface area contributed by atoms with Crippen LogP contribution in [-0.4, -0.2) is 59.5 Å². The highest BCUT2D eigenvalue weighted by molar-refractivity contribution is 7.94. The first-order valence-electron chi connectivity index (χ1n) is 12.4. The number of fused-ring (bicyclic) bond motifs is 1. The Morgan fingerprint density at radius 3 is 1.77 bits per heavy atom. The lowest BCUT2D eigenvalue weighted by Gasteiger charge is -2.14. The first kappa shape index (κ1) is 35.0. The van der Waals surface area contributed by atoms with Crippen LogP contribution in [0.4, 0.5) is 34.1 Å². The van der Waals surface area contributed by atoms with E-state index in [-0.39, 0.29) is 16.3 Å². The molecule has 0 radical (unpaired) electrons. The number of phenols is 1. The van der Waals surface area contributed by atoms with Crippen LogP contribution >= 0.6 is 0 Å². The van der Waals surface area contributed by atoms with Crippen molar-refractivity contribution in [1.29, 1.82) is 0 Å². The summed E-state index contributed by atoms with van der Waals surface area (Å²) in [6.45, 7) is 3.21. The third-order valence-corrected chi connectivity index (χ3v) is 10.3. The van der Waals surface area contributed by atoms with Gasteiger partial charge in [0, 0.05) is 18.1 Å². The molecule has 0 saturated heterocycles. The minimum Gasteiger partial charge on any atom is -0.505 e. The molecule has 0 saturated carbocycles. The zero-order valence-corrected chi connectivity index (χ0v) is 26.8. The van der Waals surface area contributed by atoms with Crippen molar-refractivity contribution in [3.05, 3.63) is 66.6 Å². The number of rotatable bonds is 10. The first-order valence-corrected chi connectivity index (χ1v) is 18.2. The second-order valence-corrected chi connectivity index (χ2v) is 15.3. The Hall–Kier alpha value is -4.84. The van der Waals surface area contributed by atoms with Crippen LogP contribution in [0.2, 0.25) is 0 Å². The summed E-state index contributed by atoms with van der Waals surface area (Å²) in [6.07, 6.45) is 0. The van der Waals surface area contributed by atoms with E-state index in [0.29, 0.717) is 12.1 Å². The average Bonchev–Trinajstić information content (AvgIpc) is 2.98. The van der Waals surface area contributed by atoms with Gasteiger partial charge >= 0.3 is 0 Å². The van der Waals surface area contributed by atoms with Crippen LogP contribution in [0.25, 0.3) is 10.8 Å². The molecule has 4 aromatic carbocycles. The number of nitrogens with zero attached hydrogens (tertiary/aromatic N) is 4. The summed E-state index contributed by atoms with van der Waals surface area (Å²) >= 11 is 0. The number of sulfone groups is 1. The Kier molecular flexibility index (Phi) is 9.24. The van der Waals surface area contributed by atoms with Crippen molar-refractivity contribution >= 4 is 85.1 Å². The lowest BCUT2D eigenvalue weighted by Crippen LogP contribution is -2.04. The molecule has 0 atom stereocenters. The molecule has 0 aliphatic rings. The number of hydrogen-bond acceptors (Lipinski definition) is 15. The summed E-state index contributed by atoms with van der Waals surface area (Å²) in [6, 6.07) is 9.32. The van der Waals surface area contributed by atoms with E-state index in [2.05, 4.69) is 32.4 Å². The first-order chi connectivity index (χ1) is 21.7. The summed E-state index contributed by atoms with van der Waals surface area (Å²) < 4.78 is 126. The van der Waals surface area contributed by atoms with Gasteiger partial charge in [-0.2, -0.15) is 30.4 Å². The molecule has 7 N–H and O–H groups in total. The van der Waals surface area contributed by atoms with E-state index in [0.717, 1.165) is 29.7 Å². The highest BCUT2D eigenvalue weighted by Crippen LogP contribution is 2.48. The highest BCUT2D eigenvalue weighted by Gasteiger charge is 2.28. The highest BCUT2D eigenvalue weighted by atomic mass is 32.2. The molecule has 0 heterocycles. The summed E-state index contributed by atoms with van der Waals surface area (Å²) in [7, 11) is -17.7. The Labute approximate surface area is 267 Å². The maximum atomic E-state index is 12.3. The largest absolute Gasteiger partial charge is 0.505 e. The van der Waals surface area contributed by atoms with Gasteiger partial charge in [-0.25, -0.2) is 8.42 Å². The van der Waals surface area contributed by atoms with Crippen molar-refractivity contribution in [1.82, 2.24) is 0 Å². The van der Waals surface area contributed by atoms with E-state index in [1.165, 1.54) is 25.2 Å². The molecule has 4 rings (SSSR count). The number of benzene rings is 4. The summed E-state index contributed by atoms with van der Waals surface area (Å²) in [5.41, 5.74) is 3.43. The minimum absolute atomic E-state index is 0.0207. The molecule has 0 aliphatic heterocycles.